The minimum absolute atomic E-state index is 0.874. The van der Waals surface area contributed by atoms with Crippen molar-refractivity contribution in [2.75, 3.05) is 0 Å². The fraction of sp³-hybridized carbons (Fsp3) is 0.300. The Morgan fingerprint density at radius 1 is 1.50 bits per heavy atom. The minimum atomic E-state index is 0.874. The van der Waals surface area contributed by atoms with Gasteiger partial charge in [-0.2, -0.15) is 0 Å². The van der Waals surface area contributed by atoms with Gasteiger partial charge in [0.2, 0.25) is 0 Å². The Kier molecular flexibility index (Phi) is 2.48. The van der Waals surface area contributed by atoms with Crippen LogP contribution in [0.5, 0.6) is 0 Å². The quantitative estimate of drug-likeness (QED) is 0.667. The van der Waals surface area contributed by atoms with E-state index in [1.807, 2.05) is 11.5 Å². The molecule has 2 heteroatoms. The zero-order chi connectivity index (χ0) is 9.14. The van der Waals surface area contributed by atoms with E-state index in [-0.39, 0.29) is 0 Å². The standard InChI is InChI=1S/C10H14N2/c1-5-9-8(4)11-10(6-2)12(9)7-3/h6-7H,2-3,5H2,1,4H3. The van der Waals surface area contributed by atoms with Gasteiger partial charge >= 0.3 is 0 Å². The Labute approximate surface area is 73.2 Å². The molecule has 0 N–H and O–H groups in total. The number of rotatable bonds is 3. The summed E-state index contributed by atoms with van der Waals surface area (Å²) in [6.45, 7) is 11.5. The Morgan fingerprint density at radius 2 is 2.17 bits per heavy atom. The zero-order valence-electron chi connectivity index (χ0n) is 7.67. The summed E-state index contributed by atoms with van der Waals surface area (Å²) >= 11 is 0. The number of imidazole rings is 1. The highest BCUT2D eigenvalue weighted by atomic mass is 15.1. The molecule has 0 amide bonds. The van der Waals surface area contributed by atoms with Crippen molar-refractivity contribution in [2.24, 2.45) is 0 Å². The van der Waals surface area contributed by atoms with Crippen LogP contribution in [0.3, 0.4) is 0 Å². The SMILES string of the molecule is C=Cc1nc(C)c(CC)n1C=C. The second-order valence-electron chi connectivity index (χ2n) is 2.61. The Morgan fingerprint density at radius 3 is 2.58 bits per heavy atom. The minimum Gasteiger partial charge on any atom is -0.304 e. The number of aryl methyl sites for hydroxylation is 1. The summed E-state index contributed by atoms with van der Waals surface area (Å²) in [4.78, 5) is 4.34. The van der Waals surface area contributed by atoms with E-state index < -0.39 is 0 Å². The first-order valence-corrected chi connectivity index (χ1v) is 4.07. The highest BCUT2D eigenvalue weighted by molar-refractivity contribution is 5.45. The van der Waals surface area contributed by atoms with Crippen LogP contribution in [0.2, 0.25) is 0 Å². The Bertz CT molecular complexity index is 308. The molecule has 0 spiro atoms. The average molecular weight is 162 g/mol. The lowest BCUT2D eigenvalue weighted by molar-refractivity contribution is 0.959. The van der Waals surface area contributed by atoms with Gasteiger partial charge in [0.15, 0.2) is 0 Å². The van der Waals surface area contributed by atoms with Gasteiger partial charge < -0.3 is 4.57 Å². The summed E-state index contributed by atoms with van der Waals surface area (Å²) in [5.74, 6) is 0.874. The fourth-order valence-corrected chi connectivity index (χ4v) is 1.38. The van der Waals surface area contributed by atoms with E-state index in [1.165, 1.54) is 5.69 Å². The van der Waals surface area contributed by atoms with Gasteiger partial charge in [-0.3, -0.25) is 0 Å². The molecule has 0 saturated carbocycles. The van der Waals surface area contributed by atoms with Gasteiger partial charge in [-0.25, -0.2) is 4.98 Å². The van der Waals surface area contributed by atoms with E-state index in [0.29, 0.717) is 0 Å². The van der Waals surface area contributed by atoms with Crippen LogP contribution in [-0.2, 0) is 6.42 Å². The molecule has 0 aliphatic heterocycles. The van der Waals surface area contributed by atoms with Crippen molar-refractivity contribution in [1.82, 2.24) is 9.55 Å². The third-order valence-electron chi connectivity index (χ3n) is 1.94. The van der Waals surface area contributed by atoms with Crippen molar-refractivity contribution in [3.63, 3.8) is 0 Å². The second kappa shape index (κ2) is 3.39. The van der Waals surface area contributed by atoms with Gasteiger partial charge in [0, 0.05) is 11.9 Å². The predicted octanol–water partition coefficient (Wildman–Crippen LogP) is 2.50. The summed E-state index contributed by atoms with van der Waals surface area (Å²) in [7, 11) is 0. The molecule has 0 aromatic carbocycles. The third-order valence-corrected chi connectivity index (χ3v) is 1.94. The van der Waals surface area contributed by atoms with E-state index in [4.69, 9.17) is 0 Å². The number of hydrogen-bond donors (Lipinski definition) is 0. The topological polar surface area (TPSA) is 17.8 Å². The molecule has 1 aromatic heterocycles. The predicted molar refractivity (Wildman–Crippen MR) is 52.8 cm³/mol. The molecule has 0 fully saturated rings. The molecule has 0 radical (unpaired) electrons. The maximum atomic E-state index is 4.34. The number of aromatic nitrogens is 2. The van der Waals surface area contributed by atoms with Crippen LogP contribution in [0, 0.1) is 6.92 Å². The molecule has 2 nitrogen and oxygen atoms in total. The van der Waals surface area contributed by atoms with Gasteiger partial charge in [0.25, 0.3) is 0 Å². The lowest BCUT2D eigenvalue weighted by atomic mass is 10.3. The summed E-state index contributed by atoms with van der Waals surface area (Å²) in [6.07, 6.45) is 4.49. The smallest absolute Gasteiger partial charge is 0.136 e. The molecule has 0 bridgehead atoms. The maximum absolute atomic E-state index is 4.34. The van der Waals surface area contributed by atoms with Crippen molar-refractivity contribution in [3.05, 3.63) is 30.4 Å². The highest BCUT2D eigenvalue weighted by Crippen LogP contribution is 2.12. The van der Waals surface area contributed by atoms with Crippen LogP contribution in [0.4, 0.5) is 0 Å². The van der Waals surface area contributed by atoms with Crippen molar-refractivity contribution in [1.29, 1.82) is 0 Å². The van der Waals surface area contributed by atoms with Gasteiger partial charge in [0.05, 0.1) is 5.69 Å². The van der Waals surface area contributed by atoms with E-state index in [0.717, 1.165) is 17.9 Å². The highest BCUT2D eigenvalue weighted by Gasteiger charge is 2.07. The lowest BCUT2D eigenvalue weighted by Crippen LogP contribution is -1.95. The Balaban J connectivity index is 3.34. The molecule has 1 rings (SSSR count). The number of hydrogen-bond acceptors (Lipinski definition) is 1. The second-order valence-corrected chi connectivity index (χ2v) is 2.61. The number of nitrogens with zero attached hydrogens (tertiary/aromatic N) is 2. The molecule has 0 atom stereocenters. The van der Waals surface area contributed by atoms with Crippen LogP contribution < -0.4 is 0 Å². The lowest BCUT2D eigenvalue weighted by Gasteiger charge is -2.01. The molecule has 1 aromatic rings. The summed E-state index contributed by atoms with van der Waals surface area (Å²) in [5, 5.41) is 0. The molecule has 0 aliphatic carbocycles. The van der Waals surface area contributed by atoms with E-state index in [9.17, 15) is 0 Å². The molecular formula is C10H14N2. The van der Waals surface area contributed by atoms with Gasteiger partial charge in [-0.15, -0.1) is 0 Å². The summed E-state index contributed by atoms with van der Waals surface area (Å²) in [6, 6.07) is 0. The van der Waals surface area contributed by atoms with Crippen molar-refractivity contribution < 1.29 is 0 Å². The first-order chi connectivity index (χ1) is 5.74. The molecule has 1 heterocycles. The largest absolute Gasteiger partial charge is 0.304 e. The third kappa shape index (κ3) is 1.20. The maximum Gasteiger partial charge on any atom is 0.136 e. The van der Waals surface area contributed by atoms with E-state index in [1.54, 1.807) is 12.3 Å². The molecule has 12 heavy (non-hydrogen) atoms. The molecule has 0 saturated heterocycles. The van der Waals surface area contributed by atoms with Crippen LogP contribution in [0.25, 0.3) is 12.3 Å². The van der Waals surface area contributed by atoms with Crippen LogP contribution in [0.15, 0.2) is 13.2 Å². The first kappa shape index (κ1) is 8.78. The van der Waals surface area contributed by atoms with Crippen molar-refractivity contribution >= 4 is 12.3 Å². The van der Waals surface area contributed by atoms with Crippen LogP contribution >= 0.6 is 0 Å². The Hall–Kier alpha value is -1.31. The fourth-order valence-electron chi connectivity index (χ4n) is 1.38. The molecule has 0 unspecified atom stereocenters. The first-order valence-electron chi connectivity index (χ1n) is 4.07. The monoisotopic (exact) mass is 162 g/mol. The zero-order valence-corrected chi connectivity index (χ0v) is 7.67. The molecule has 64 valence electrons. The van der Waals surface area contributed by atoms with Gasteiger partial charge in [-0.1, -0.05) is 20.1 Å². The van der Waals surface area contributed by atoms with Crippen LogP contribution in [0.1, 0.15) is 24.1 Å². The summed E-state index contributed by atoms with van der Waals surface area (Å²) < 4.78 is 1.97. The average Bonchev–Trinajstić information content (AvgIpc) is 2.40. The van der Waals surface area contributed by atoms with Gasteiger partial charge in [-0.05, 0) is 19.4 Å². The molecule has 0 aliphatic rings. The van der Waals surface area contributed by atoms with Crippen molar-refractivity contribution in [3.8, 4) is 0 Å². The molecular weight excluding hydrogens is 148 g/mol. The normalized spacial score (nSPS) is 9.83. The van der Waals surface area contributed by atoms with Crippen molar-refractivity contribution in [2.45, 2.75) is 20.3 Å². The van der Waals surface area contributed by atoms with E-state index in [2.05, 4.69) is 25.1 Å². The summed E-state index contributed by atoms with van der Waals surface area (Å²) in [5.41, 5.74) is 2.27. The van der Waals surface area contributed by atoms with E-state index >= 15 is 0 Å². The van der Waals surface area contributed by atoms with Crippen LogP contribution in [-0.4, -0.2) is 9.55 Å². The van der Waals surface area contributed by atoms with Gasteiger partial charge in [0.1, 0.15) is 5.82 Å².